The van der Waals surface area contributed by atoms with Crippen molar-refractivity contribution in [1.29, 1.82) is 0 Å². The van der Waals surface area contributed by atoms with Crippen molar-refractivity contribution in [3.63, 3.8) is 0 Å². The summed E-state index contributed by atoms with van der Waals surface area (Å²) in [6.45, 7) is 5.31. The van der Waals surface area contributed by atoms with Crippen LogP contribution in [0.5, 0.6) is 0 Å². The molecular weight excluding hydrogens is 116 g/mol. The van der Waals surface area contributed by atoms with Crippen molar-refractivity contribution < 1.29 is 10.2 Å². The van der Waals surface area contributed by atoms with Crippen LogP contribution >= 0.6 is 0 Å². The van der Waals surface area contributed by atoms with E-state index in [4.69, 9.17) is 10.2 Å². The lowest BCUT2D eigenvalue weighted by molar-refractivity contribution is 0.129. The van der Waals surface area contributed by atoms with E-state index in [1.54, 1.807) is 0 Å². The summed E-state index contributed by atoms with van der Waals surface area (Å²) in [5.41, 5.74) is 0. The molecule has 2 N–H and O–H groups in total. The van der Waals surface area contributed by atoms with Gasteiger partial charge in [-0.25, -0.2) is 0 Å². The molecule has 0 saturated carbocycles. The molecule has 0 heterocycles. The Balaban J connectivity index is 3.06. The summed E-state index contributed by atoms with van der Waals surface area (Å²) in [5, 5.41) is 17.6. The average molecular weight is 131 g/mol. The first-order valence-electron chi connectivity index (χ1n) is 3.36. The fourth-order valence-corrected chi connectivity index (χ4v) is 0.589. The molecule has 2 heteroatoms. The molecule has 0 spiro atoms. The third-order valence-corrected chi connectivity index (χ3v) is 1.30. The van der Waals surface area contributed by atoms with E-state index in [1.807, 2.05) is 6.92 Å². The van der Waals surface area contributed by atoms with Gasteiger partial charge >= 0.3 is 0 Å². The molecule has 2 unspecified atom stereocenters. The van der Waals surface area contributed by atoms with Crippen molar-refractivity contribution in [2.24, 2.45) is 0 Å². The van der Waals surface area contributed by atoms with Gasteiger partial charge in [-0.1, -0.05) is 6.92 Å². The zero-order valence-corrected chi connectivity index (χ0v) is 5.88. The van der Waals surface area contributed by atoms with Gasteiger partial charge in [0.2, 0.25) is 0 Å². The van der Waals surface area contributed by atoms with Crippen LogP contribution in [0.4, 0.5) is 0 Å². The Bertz CT molecular complexity index is 61.9. The summed E-state index contributed by atoms with van der Waals surface area (Å²) < 4.78 is 0. The Morgan fingerprint density at radius 3 is 2.22 bits per heavy atom. The normalized spacial score (nSPS) is 17.3. The third-order valence-electron chi connectivity index (χ3n) is 1.30. The van der Waals surface area contributed by atoms with Crippen molar-refractivity contribution in [3.8, 4) is 0 Å². The fourth-order valence-electron chi connectivity index (χ4n) is 0.589. The van der Waals surface area contributed by atoms with Gasteiger partial charge in [-0.2, -0.15) is 0 Å². The molecular formula is C7H15O2. The Hall–Kier alpha value is -0.0800. The standard InChI is InChI=1S/C7H15O2/c1-3-7(9)5-4-6(2)8/h6-9H,2-5H2,1H3. The van der Waals surface area contributed by atoms with Crippen molar-refractivity contribution in [2.75, 3.05) is 0 Å². The predicted molar refractivity (Wildman–Crippen MR) is 36.9 cm³/mol. The van der Waals surface area contributed by atoms with Crippen molar-refractivity contribution >= 4 is 0 Å². The summed E-state index contributed by atoms with van der Waals surface area (Å²) in [5.74, 6) is 0. The molecule has 0 aromatic heterocycles. The molecule has 0 saturated heterocycles. The van der Waals surface area contributed by atoms with E-state index in [1.165, 1.54) is 0 Å². The third kappa shape index (κ3) is 5.80. The second-order valence-electron chi connectivity index (χ2n) is 2.29. The van der Waals surface area contributed by atoms with Gasteiger partial charge < -0.3 is 10.2 Å². The molecule has 9 heavy (non-hydrogen) atoms. The summed E-state index contributed by atoms with van der Waals surface area (Å²) in [7, 11) is 0. The van der Waals surface area contributed by atoms with Gasteiger partial charge in [0.15, 0.2) is 0 Å². The Kier molecular flexibility index (Phi) is 4.72. The largest absolute Gasteiger partial charge is 0.393 e. The summed E-state index contributed by atoms with van der Waals surface area (Å²) in [4.78, 5) is 0. The van der Waals surface area contributed by atoms with Crippen molar-refractivity contribution in [3.05, 3.63) is 6.92 Å². The highest BCUT2D eigenvalue weighted by Gasteiger charge is 2.02. The zero-order chi connectivity index (χ0) is 7.28. The highest BCUT2D eigenvalue weighted by Crippen LogP contribution is 2.02. The van der Waals surface area contributed by atoms with E-state index in [2.05, 4.69) is 6.92 Å². The first-order valence-corrected chi connectivity index (χ1v) is 3.36. The molecule has 0 bridgehead atoms. The molecule has 0 fully saturated rings. The van der Waals surface area contributed by atoms with Gasteiger partial charge in [-0.05, 0) is 26.2 Å². The first kappa shape index (κ1) is 8.92. The SMILES string of the molecule is [CH2]C(O)CCC(O)CC. The molecule has 0 aliphatic carbocycles. The van der Waals surface area contributed by atoms with E-state index in [-0.39, 0.29) is 6.10 Å². The molecule has 0 aromatic carbocycles. The molecule has 2 atom stereocenters. The smallest absolute Gasteiger partial charge is 0.0542 e. The number of hydrogen-bond donors (Lipinski definition) is 2. The molecule has 0 amide bonds. The van der Waals surface area contributed by atoms with Crippen molar-refractivity contribution in [1.82, 2.24) is 0 Å². The van der Waals surface area contributed by atoms with Gasteiger partial charge in [0.05, 0.1) is 12.2 Å². The maximum absolute atomic E-state index is 8.97. The maximum Gasteiger partial charge on any atom is 0.0542 e. The van der Waals surface area contributed by atoms with Crippen LogP contribution in [0.15, 0.2) is 0 Å². The van der Waals surface area contributed by atoms with Gasteiger partial charge in [-0.3, -0.25) is 0 Å². The molecule has 2 nitrogen and oxygen atoms in total. The minimum atomic E-state index is -0.522. The van der Waals surface area contributed by atoms with E-state index in [0.29, 0.717) is 12.8 Å². The van der Waals surface area contributed by atoms with Gasteiger partial charge in [-0.15, -0.1) is 0 Å². The predicted octanol–water partition coefficient (Wildman–Crippen LogP) is 0.732. The van der Waals surface area contributed by atoms with Crippen LogP contribution in [0.3, 0.4) is 0 Å². The number of aliphatic hydroxyl groups excluding tert-OH is 2. The lowest BCUT2D eigenvalue weighted by atomic mass is 10.1. The quantitative estimate of drug-likeness (QED) is 0.590. The second kappa shape index (κ2) is 4.77. The number of aliphatic hydroxyl groups is 2. The molecule has 0 aromatic rings. The highest BCUT2D eigenvalue weighted by atomic mass is 16.3. The lowest BCUT2D eigenvalue weighted by Gasteiger charge is -2.07. The van der Waals surface area contributed by atoms with Crippen LogP contribution in [-0.2, 0) is 0 Å². The Labute approximate surface area is 56.5 Å². The minimum Gasteiger partial charge on any atom is -0.393 e. The zero-order valence-electron chi connectivity index (χ0n) is 5.88. The number of hydrogen-bond acceptors (Lipinski definition) is 2. The second-order valence-corrected chi connectivity index (χ2v) is 2.29. The van der Waals surface area contributed by atoms with E-state index < -0.39 is 6.10 Å². The van der Waals surface area contributed by atoms with E-state index in [9.17, 15) is 0 Å². The average Bonchev–Trinajstić information content (AvgIpc) is 1.83. The molecule has 0 aliphatic heterocycles. The van der Waals surface area contributed by atoms with Crippen LogP contribution < -0.4 is 0 Å². The molecule has 0 aliphatic rings. The van der Waals surface area contributed by atoms with Gasteiger partial charge in [0.25, 0.3) is 0 Å². The summed E-state index contributed by atoms with van der Waals surface area (Å²) in [6.07, 6.45) is 1.22. The Morgan fingerprint density at radius 1 is 1.33 bits per heavy atom. The number of rotatable bonds is 4. The molecule has 1 radical (unpaired) electrons. The summed E-state index contributed by atoms with van der Waals surface area (Å²) >= 11 is 0. The van der Waals surface area contributed by atoms with Crippen LogP contribution in [-0.4, -0.2) is 22.4 Å². The fraction of sp³-hybridized carbons (Fsp3) is 0.857. The Morgan fingerprint density at radius 2 is 1.89 bits per heavy atom. The lowest BCUT2D eigenvalue weighted by Crippen LogP contribution is -2.09. The van der Waals surface area contributed by atoms with Gasteiger partial charge in [0, 0.05) is 0 Å². The van der Waals surface area contributed by atoms with Gasteiger partial charge in [0.1, 0.15) is 0 Å². The topological polar surface area (TPSA) is 40.5 Å². The van der Waals surface area contributed by atoms with Crippen LogP contribution in [0.1, 0.15) is 26.2 Å². The van der Waals surface area contributed by atoms with Crippen LogP contribution in [0, 0.1) is 6.92 Å². The van der Waals surface area contributed by atoms with E-state index >= 15 is 0 Å². The molecule has 0 rings (SSSR count). The van der Waals surface area contributed by atoms with Crippen LogP contribution in [0.25, 0.3) is 0 Å². The van der Waals surface area contributed by atoms with Crippen LogP contribution in [0.2, 0.25) is 0 Å². The molecule has 55 valence electrons. The highest BCUT2D eigenvalue weighted by molar-refractivity contribution is 4.60. The first-order chi connectivity index (χ1) is 4.16. The maximum atomic E-state index is 8.97. The summed E-state index contributed by atoms with van der Waals surface area (Å²) in [6, 6.07) is 0. The monoisotopic (exact) mass is 131 g/mol. The van der Waals surface area contributed by atoms with Crippen molar-refractivity contribution in [2.45, 2.75) is 38.4 Å². The van der Waals surface area contributed by atoms with E-state index in [0.717, 1.165) is 6.42 Å². The minimum absolute atomic E-state index is 0.263.